The molecule has 2 N–H and O–H groups in total. The van der Waals surface area contributed by atoms with Gasteiger partial charge in [-0.2, -0.15) is 5.26 Å². The molecule has 3 aromatic carbocycles. The lowest BCUT2D eigenvalue weighted by atomic mass is 9.83. The molecule has 4 rings (SSSR count). The van der Waals surface area contributed by atoms with Crippen LogP contribution in [-0.2, 0) is 0 Å². The lowest BCUT2D eigenvalue weighted by Gasteiger charge is -2.26. The van der Waals surface area contributed by atoms with E-state index in [0.717, 1.165) is 12.1 Å². The van der Waals surface area contributed by atoms with Crippen LogP contribution in [0.15, 0.2) is 78.2 Å². The minimum atomic E-state index is -1.04. The number of ether oxygens (including phenoxy) is 2. The number of carbonyl (C=O) groups excluding carboxylic acids is 1. The number of nitrogens with two attached hydrogens (primary N) is 1. The van der Waals surface area contributed by atoms with Crippen LogP contribution in [-0.4, -0.2) is 5.97 Å². The van der Waals surface area contributed by atoms with E-state index >= 15 is 0 Å². The zero-order chi connectivity index (χ0) is 21.3. The van der Waals surface area contributed by atoms with Crippen molar-refractivity contribution in [2.75, 3.05) is 0 Å². The number of nitriles is 1. The normalized spacial score (nSPS) is 15.0. The van der Waals surface area contributed by atoms with Gasteiger partial charge in [0.2, 0.25) is 5.88 Å². The van der Waals surface area contributed by atoms with Gasteiger partial charge in [0.15, 0.2) is 11.6 Å². The highest BCUT2D eigenvalue weighted by atomic mass is 19.2. The van der Waals surface area contributed by atoms with Gasteiger partial charge in [-0.15, -0.1) is 0 Å². The molecule has 0 saturated heterocycles. The van der Waals surface area contributed by atoms with Gasteiger partial charge in [-0.25, -0.2) is 13.6 Å². The summed E-state index contributed by atoms with van der Waals surface area (Å²) < 4.78 is 38.1. The van der Waals surface area contributed by atoms with Gasteiger partial charge in [0.05, 0.1) is 11.5 Å². The summed E-state index contributed by atoms with van der Waals surface area (Å²) in [6.45, 7) is 0. The van der Waals surface area contributed by atoms with Crippen molar-refractivity contribution in [3.05, 3.63) is 107 Å². The molecule has 0 saturated carbocycles. The quantitative estimate of drug-likeness (QED) is 0.517. The van der Waals surface area contributed by atoms with E-state index in [1.807, 2.05) is 6.07 Å². The largest absolute Gasteiger partial charge is 0.440 e. The fraction of sp³-hybridized carbons (Fsp3) is 0.0435. The van der Waals surface area contributed by atoms with Crippen molar-refractivity contribution in [3.63, 3.8) is 0 Å². The van der Waals surface area contributed by atoms with E-state index in [-0.39, 0.29) is 23.0 Å². The van der Waals surface area contributed by atoms with Crippen LogP contribution in [0.25, 0.3) is 0 Å². The number of benzene rings is 3. The highest BCUT2D eigenvalue weighted by molar-refractivity contribution is 5.91. The predicted molar refractivity (Wildman–Crippen MR) is 103 cm³/mol. The number of fused-ring (bicyclic) bond motifs is 1. The minimum Gasteiger partial charge on any atom is -0.440 e. The van der Waals surface area contributed by atoms with Crippen LogP contribution in [0.2, 0.25) is 0 Å². The number of esters is 1. The molecular weight excluding hydrogens is 390 g/mol. The second kappa shape index (κ2) is 7.68. The van der Waals surface area contributed by atoms with Gasteiger partial charge in [-0.3, -0.25) is 0 Å². The summed E-state index contributed by atoms with van der Waals surface area (Å²) in [5.74, 6) is -3.04. The second-order valence-corrected chi connectivity index (χ2v) is 6.55. The van der Waals surface area contributed by atoms with E-state index in [0.29, 0.717) is 16.7 Å². The van der Waals surface area contributed by atoms with Crippen LogP contribution < -0.4 is 15.2 Å². The summed E-state index contributed by atoms with van der Waals surface area (Å²) in [5.41, 5.74) is 7.20. The lowest BCUT2D eigenvalue weighted by Crippen LogP contribution is -2.21. The first-order valence-electron chi connectivity index (χ1n) is 8.91. The van der Waals surface area contributed by atoms with Crippen LogP contribution in [0.5, 0.6) is 11.5 Å². The van der Waals surface area contributed by atoms with Crippen molar-refractivity contribution < 1.29 is 23.0 Å². The number of nitrogens with zero attached hydrogens (tertiary/aromatic N) is 1. The lowest BCUT2D eigenvalue weighted by molar-refractivity contribution is 0.0734. The molecule has 148 valence electrons. The van der Waals surface area contributed by atoms with Crippen molar-refractivity contribution >= 4 is 5.97 Å². The fourth-order valence-corrected chi connectivity index (χ4v) is 3.27. The van der Waals surface area contributed by atoms with Gasteiger partial charge in [0, 0.05) is 11.6 Å². The van der Waals surface area contributed by atoms with Crippen molar-refractivity contribution in [1.82, 2.24) is 0 Å². The molecule has 5 nitrogen and oxygen atoms in total. The molecule has 0 bridgehead atoms. The Labute approximate surface area is 170 Å². The Hall–Kier alpha value is -4.18. The molecule has 1 atom stereocenters. The monoisotopic (exact) mass is 404 g/mol. The average molecular weight is 404 g/mol. The molecule has 0 amide bonds. The van der Waals surface area contributed by atoms with Crippen LogP contribution in [0.4, 0.5) is 8.78 Å². The van der Waals surface area contributed by atoms with E-state index in [4.69, 9.17) is 15.2 Å². The summed E-state index contributed by atoms with van der Waals surface area (Å²) in [6.07, 6.45) is 0. The maximum atomic E-state index is 13.8. The maximum absolute atomic E-state index is 13.8. The summed E-state index contributed by atoms with van der Waals surface area (Å²) in [4.78, 5) is 12.3. The smallest absolute Gasteiger partial charge is 0.343 e. The number of rotatable bonds is 3. The third kappa shape index (κ3) is 3.47. The van der Waals surface area contributed by atoms with Gasteiger partial charge in [0.25, 0.3) is 0 Å². The topological polar surface area (TPSA) is 85.3 Å². The van der Waals surface area contributed by atoms with E-state index in [9.17, 15) is 18.8 Å². The SMILES string of the molecule is N#CC1=C(N)Oc2cc(OC(=O)c3ccccc3)ccc2C1c1ccc(F)c(F)c1. The minimum absolute atomic E-state index is 0.0718. The molecule has 0 fully saturated rings. The standard InChI is InChI=1S/C23H14F2N2O3/c24-18-9-6-14(10-19(18)25)21-16-8-7-15(11-20(16)30-22(27)17(21)12-26)29-23(28)13-4-2-1-3-5-13/h1-11,21H,27H2. The maximum Gasteiger partial charge on any atom is 0.343 e. The third-order valence-electron chi connectivity index (χ3n) is 4.69. The number of hydrogen-bond donors (Lipinski definition) is 1. The van der Waals surface area contributed by atoms with Gasteiger partial charge >= 0.3 is 5.97 Å². The van der Waals surface area contributed by atoms with Crippen LogP contribution >= 0.6 is 0 Å². The molecule has 1 aliphatic heterocycles. The Morgan fingerprint density at radius 2 is 1.80 bits per heavy atom. The molecule has 1 heterocycles. The molecule has 0 aliphatic carbocycles. The predicted octanol–water partition coefficient (Wildman–Crippen LogP) is 4.40. The third-order valence-corrected chi connectivity index (χ3v) is 4.69. The summed E-state index contributed by atoms with van der Waals surface area (Å²) in [5, 5.41) is 9.54. The molecule has 30 heavy (non-hydrogen) atoms. The second-order valence-electron chi connectivity index (χ2n) is 6.55. The highest BCUT2D eigenvalue weighted by Crippen LogP contribution is 2.43. The summed E-state index contributed by atoms with van der Waals surface area (Å²) >= 11 is 0. The Kier molecular flexibility index (Phi) is 4.90. The summed E-state index contributed by atoms with van der Waals surface area (Å²) in [7, 11) is 0. The molecule has 1 unspecified atom stereocenters. The first-order chi connectivity index (χ1) is 14.5. The molecule has 7 heteroatoms. The molecule has 3 aromatic rings. The van der Waals surface area contributed by atoms with Crippen LogP contribution in [0.3, 0.4) is 0 Å². The van der Waals surface area contributed by atoms with Gasteiger partial charge in [0.1, 0.15) is 23.1 Å². The van der Waals surface area contributed by atoms with Crippen molar-refractivity contribution in [2.24, 2.45) is 5.73 Å². The van der Waals surface area contributed by atoms with E-state index < -0.39 is 23.5 Å². The molecule has 0 spiro atoms. The Morgan fingerprint density at radius 1 is 1.03 bits per heavy atom. The zero-order valence-electron chi connectivity index (χ0n) is 15.4. The zero-order valence-corrected chi connectivity index (χ0v) is 15.4. The van der Waals surface area contributed by atoms with Crippen LogP contribution in [0, 0.1) is 23.0 Å². The van der Waals surface area contributed by atoms with Crippen LogP contribution in [0.1, 0.15) is 27.4 Å². The fourth-order valence-electron chi connectivity index (χ4n) is 3.27. The molecular formula is C23H14F2N2O3. The number of carbonyl (C=O) groups is 1. The highest BCUT2D eigenvalue weighted by Gasteiger charge is 2.31. The summed E-state index contributed by atoms with van der Waals surface area (Å²) in [6, 6.07) is 18.4. The average Bonchev–Trinajstić information content (AvgIpc) is 2.75. The molecule has 0 aromatic heterocycles. The van der Waals surface area contributed by atoms with Gasteiger partial charge in [-0.1, -0.05) is 30.3 Å². The first-order valence-corrected chi connectivity index (χ1v) is 8.91. The number of halogens is 2. The first kappa shape index (κ1) is 19.2. The van der Waals surface area contributed by atoms with Gasteiger partial charge in [-0.05, 0) is 35.9 Å². The number of hydrogen-bond acceptors (Lipinski definition) is 5. The molecule has 0 radical (unpaired) electrons. The Bertz CT molecular complexity index is 1220. The van der Waals surface area contributed by atoms with Crippen molar-refractivity contribution in [1.29, 1.82) is 5.26 Å². The Morgan fingerprint density at radius 3 is 2.50 bits per heavy atom. The van der Waals surface area contributed by atoms with E-state index in [1.54, 1.807) is 36.4 Å². The van der Waals surface area contributed by atoms with E-state index in [1.165, 1.54) is 18.2 Å². The molecule has 1 aliphatic rings. The number of allylic oxidation sites excluding steroid dienone is 1. The van der Waals surface area contributed by atoms with Gasteiger partial charge < -0.3 is 15.2 Å². The van der Waals surface area contributed by atoms with Crippen molar-refractivity contribution in [3.8, 4) is 17.6 Å². The van der Waals surface area contributed by atoms with E-state index in [2.05, 4.69) is 0 Å². The Balaban J connectivity index is 1.72. The van der Waals surface area contributed by atoms with Crippen molar-refractivity contribution in [2.45, 2.75) is 5.92 Å².